The minimum atomic E-state index is -0.598. The summed E-state index contributed by atoms with van der Waals surface area (Å²) in [6, 6.07) is 10.8. The van der Waals surface area contributed by atoms with E-state index in [-0.39, 0.29) is 25.0 Å². The van der Waals surface area contributed by atoms with Crippen LogP contribution in [0, 0.1) is 20.8 Å². The van der Waals surface area contributed by atoms with E-state index in [1.165, 1.54) is 0 Å². The Morgan fingerprint density at radius 1 is 1.13 bits per heavy atom. The molecule has 2 rings (SSSR count). The van der Waals surface area contributed by atoms with Gasteiger partial charge in [-0.3, -0.25) is 9.59 Å². The molecule has 0 aliphatic carbocycles. The van der Waals surface area contributed by atoms with Crippen molar-refractivity contribution in [2.75, 3.05) is 13.2 Å². The average Bonchev–Trinajstić information content (AvgIpc) is 2.74. The molecule has 0 unspecified atom stereocenters. The number of hydrogen-bond acceptors (Lipinski definition) is 3. The Bertz CT molecular complexity index is 914. The van der Waals surface area contributed by atoms with Crippen LogP contribution >= 0.6 is 11.6 Å². The molecular weight excluding hydrogens is 412 g/mol. The van der Waals surface area contributed by atoms with Crippen molar-refractivity contribution in [3.05, 3.63) is 63.7 Å². The van der Waals surface area contributed by atoms with Crippen LogP contribution in [0.4, 0.5) is 0 Å². The van der Waals surface area contributed by atoms with Gasteiger partial charge in [-0.25, -0.2) is 0 Å². The lowest BCUT2D eigenvalue weighted by atomic mass is 10.1. The predicted molar refractivity (Wildman–Crippen MR) is 126 cm³/mol. The van der Waals surface area contributed by atoms with E-state index >= 15 is 0 Å². The number of nitrogens with one attached hydrogen (secondary N) is 1. The van der Waals surface area contributed by atoms with Crippen molar-refractivity contribution in [3.8, 4) is 5.75 Å². The Morgan fingerprint density at radius 3 is 2.48 bits per heavy atom. The Labute approximate surface area is 190 Å². The lowest BCUT2D eigenvalue weighted by Crippen LogP contribution is -2.50. The molecule has 0 heterocycles. The van der Waals surface area contributed by atoms with Crippen molar-refractivity contribution in [2.24, 2.45) is 0 Å². The first kappa shape index (κ1) is 24.7. The Balaban J connectivity index is 2.26. The fraction of sp³-hybridized carbons (Fsp3) is 0.440. The second-order valence-corrected chi connectivity index (χ2v) is 8.23. The Morgan fingerprint density at radius 2 is 1.84 bits per heavy atom. The topological polar surface area (TPSA) is 58.6 Å². The summed E-state index contributed by atoms with van der Waals surface area (Å²) >= 11 is 6.34. The van der Waals surface area contributed by atoms with Gasteiger partial charge in [-0.15, -0.1) is 0 Å². The quantitative estimate of drug-likeness (QED) is 0.562. The standard InChI is InChI=1S/C25H33ClN2O3/c1-6-12-27-25(30)22(7-2)28(15-20-10-8-9-11-21(20)26)24(29)16-31-23-14-17(3)13-18(4)19(23)5/h8-11,13-14,22H,6-7,12,15-16H2,1-5H3,(H,27,30)/t22-/m0/s1. The summed E-state index contributed by atoms with van der Waals surface area (Å²) in [5.74, 6) is 0.274. The first-order valence-electron chi connectivity index (χ1n) is 10.8. The van der Waals surface area contributed by atoms with Gasteiger partial charge >= 0.3 is 0 Å². The Hall–Kier alpha value is -2.53. The predicted octanol–water partition coefficient (Wildman–Crippen LogP) is 4.98. The molecule has 2 amide bonds. The van der Waals surface area contributed by atoms with Gasteiger partial charge in [0.2, 0.25) is 5.91 Å². The molecule has 31 heavy (non-hydrogen) atoms. The first-order chi connectivity index (χ1) is 14.8. The van der Waals surface area contributed by atoms with Crippen molar-refractivity contribution in [3.63, 3.8) is 0 Å². The normalized spacial score (nSPS) is 11.7. The zero-order valence-corrected chi connectivity index (χ0v) is 19.9. The van der Waals surface area contributed by atoms with Crippen LogP contribution in [-0.4, -0.2) is 35.9 Å². The van der Waals surface area contributed by atoms with Gasteiger partial charge in [-0.2, -0.15) is 0 Å². The smallest absolute Gasteiger partial charge is 0.261 e. The van der Waals surface area contributed by atoms with Gasteiger partial charge in [-0.1, -0.05) is 49.7 Å². The molecule has 0 aliphatic rings. The van der Waals surface area contributed by atoms with E-state index in [1.54, 1.807) is 11.0 Å². The number of carbonyl (C=O) groups excluding carboxylic acids is 2. The lowest BCUT2D eigenvalue weighted by Gasteiger charge is -2.31. The Kier molecular flexibility index (Phi) is 9.38. The second-order valence-electron chi connectivity index (χ2n) is 7.82. The molecule has 0 saturated carbocycles. The summed E-state index contributed by atoms with van der Waals surface area (Å²) < 4.78 is 5.91. The average molecular weight is 445 g/mol. The number of amides is 2. The van der Waals surface area contributed by atoms with E-state index < -0.39 is 6.04 Å². The number of nitrogens with zero attached hydrogens (tertiary/aromatic N) is 1. The van der Waals surface area contributed by atoms with Crippen LogP contribution in [0.15, 0.2) is 36.4 Å². The lowest BCUT2D eigenvalue weighted by molar-refractivity contribution is -0.143. The highest BCUT2D eigenvalue weighted by Crippen LogP contribution is 2.24. The molecule has 2 aromatic rings. The van der Waals surface area contributed by atoms with Crippen molar-refractivity contribution < 1.29 is 14.3 Å². The van der Waals surface area contributed by atoms with E-state index in [4.69, 9.17) is 16.3 Å². The van der Waals surface area contributed by atoms with Crippen molar-refractivity contribution in [2.45, 2.75) is 60.0 Å². The number of rotatable bonds is 10. The molecule has 5 nitrogen and oxygen atoms in total. The number of benzene rings is 2. The summed E-state index contributed by atoms with van der Waals surface area (Å²) in [7, 11) is 0. The molecular formula is C25H33ClN2O3. The number of carbonyl (C=O) groups is 2. The molecule has 0 bridgehead atoms. The van der Waals surface area contributed by atoms with Gasteiger partial charge in [0.15, 0.2) is 6.61 Å². The van der Waals surface area contributed by atoms with Gasteiger partial charge < -0.3 is 15.0 Å². The molecule has 168 valence electrons. The second kappa shape index (κ2) is 11.8. The number of ether oxygens (including phenoxy) is 1. The largest absolute Gasteiger partial charge is 0.483 e. The third kappa shape index (κ3) is 6.73. The van der Waals surface area contributed by atoms with Crippen molar-refractivity contribution >= 4 is 23.4 Å². The van der Waals surface area contributed by atoms with Gasteiger partial charge in [0.25, 0.3) is 5.91 Å². The zero-order chi connectivity index (χ0) is 23.0. The fourth-order valence-electron chi connectivity index (χ4n) is 3.47. The minimum absolute atomic E-state index is 0.147. The molecule has 1 atom stereocenters. The van der Waals surface area contributed by atoms with Crippen LogP contribution in [0.2, 0.25) is 5.02 Å². The van der Waals surface area contributed by atoms with Gasteiger partial charge in [-0.05, 0) is 68.0 Å². The van der Waals surface area contributed by atoms with Crippen LogP contribution < -0.4 is 10.1 Å². The number of halogens is 1. The molecule has 6 heteroatoms. The SMILES string of the molecule is CCCNC(=O)[C@H](CC)N(Cc1ccccc1Cl)C(=O)COc1cc(C)cc(C)c1C. The molecule has 0 spiro atoms. The molecule has 1 N–H and O–H groups in total. The maximum Gasteiger partial charge on any atom is 0.261 e. The van der Waals surface area contributed by atoms with Crippen LogP contribution in [0.5, 0.6) is 5.75 Å². The number of aryl methyl sites for hydroxylation is 2. The monoisotopic (exact) mass is 444 g/mol. The van der Waals surface area contributed by atoms with Gasteiger partial charge in [0, 0.05) is 18.1 Å². The summed E-state index contributed by atoms with van der Waals surface area (Å²) in [4.78, 5) is 27.6. The minimum Gasteiger partial charge on any atom is -0.483 e. The highest BCUT2D eigenvalue weighted by atomic mass is 35.5. The molecule has 0 fully saturated rings. The summed E-state index contributed by atoms with van der Waals surface area (Å²) in [6.45, 7) is 10.6. The maximum atomic E-state index is 13.3. The van der Waals surface area contributed by atoms with Crippen LogP contribution in [0.25, 0.3) is 0 Å². The summed E-state index contributed by atoms with van der Waals surface area (Å²) in [5, 5.41) is 3.48. The summed E-state index contributed by atoms with van der Waals surface area (Å²) in [5.41, 5.74) is 3.98. The number of hydrogen-bond donors (Lipinski definition) is 1. The highest BCUT2D eigenvalue weighted by molar-refractivity contribution is 6.31. The fourth-order valence-corrected chi connectivity index (χ4v) is 3.66. The third-order valence-corrected chi connectivity index (χ3v) is 5.72. The van der Waals surface area contributed by atoms with Gasteiger partial charge in [0.1, 0.15) is 11.8 Å². The third-order valence-electron chi connectivity index (χ3n) is 5.35. The highest BCUT2D eigenvalue weighted by Gasteiger charge is 2.29. The van der Waals surface area contributed by atoms with E-state index in [0.717, 1.165) is 28.7 Å². The van der Waals surface area contributed by atoms with Crippen LogP contribution in [0.3, 0.4) is 0 Å². The van der Waals surface area contributed by atoms with E-state index in [2.05, 4.69) is 11.4 Å². The maximum absolute atomic E-state index is 13.3. The van der Waals surface area contributed by atoms with E-state index in [9.17, 15) is 9.59 Å². The molecule has 0 saturated heterocycles. The van der Waals surface area contributed by atoms with Crippen molar-refractivity contribution in [1.29, 1.82) is 0 Å². The molecule has 2 aromatic carbocycles. The van der Waals surface area contributed by atoms with E-state index in [0.29, 0.717) is 23.7 Å². The summed E-state index contributed by atoms with van der Waals surface area (Å²) in [6.07, 6.45) is 1.32. The van der Waals surface area contributed by atoms with Crippen LogP contribution in [0.1, 0.15) is 48.9 Å². The van der Waals surface area contributed by atoms with Gasteiger partial charge in [0.05, 0.1) is 0 Å². The first-order valence-corrected chi connectivity index (χ1v) is 11.2. The molecule has 0 aliphatic heterocycles. The zero-order valence-electron chi connectivity index (χ0n) is 19.1. The molecule has 0 radical (unpaired) electrons. The van der Waals surface area contributed by atoms with Crippen LogP contribution in [-0.2, 0) is 16.1 Å². The van der Waals surface area contributed by atoms with Crippen molar-refractivity contribution in [1.82, 2.24) is 10.2 Å². The van der Waals surface area contributed by atoms with E-state index in [1.807, 2.05) is 58.9 Å². The molecule has 0 aromatic heterocycles.